The summed E-state index contributed by atoms with van der Waals surface area (Å²) in [6, 6.07) is 14.0. The van der Waals surface area contributed by atoms with Crippen LogP contribution in [0.1, 0.15) is 49.8 Å². The molecule has 29 heavy (non-hydrogen) atoms. The van der Waals surface area contributed by atoms with Crippen molar-refractivity contribution >= 4 is 17.5 Å². The molecule has 1 heterocycles. The van der Waals surface area contributed by atoms with Crippen molar-refractivity contribution in [2.75, 3.05) is 11.4 Å². The number of carbonyl (C=O) groups excluding carboxylic acids is 2. The molecule has 0 spiro atoms. The normalized spacial score (nSPS) is 22.1. The highest BCUT2D eigenvalue weighted by atomic mass is 19.1. The molecule has 1 aliphatic heterocycles. The zero-order valence-corrected chi connectivity index (χ0v) is 16.7. The molecule has 4 nitrogen and oxygen atoms in total. The van der Waals surface area contributed by atoms with Gasteiger partial charge < -0.3 is 10.2 Å². The first-order valence-corrected chi connectivity index (χ1v) is 10.5. The lowest BCUT2D eigenvalue weighted by Gasteiger charge is -2.33. The Morgan fingerprint density at radius 3 is 2.48 bits per heavy atom. The predicted octanol–water partition coefficient (Wildman–Crippen LogP) is 4.40. The number of amides is 2. The second-order valence-corrected chi connectivity index (χ2v) is 8.15. The van der Waals surface area contributed by atoms with Crippen molar-refractivity contribution in [3.8, 4) is 0 Å². The summed E-state index contributed by atoms with van der Waals surface area (Å²) in [6.45, 7) is 2.58. The van der Waals surface area contributed by atoms with E-state index in [1.54, 1.807) is 12.1 Å². The van der Waals surface area contributed by atoms with E-state index in [4.69, 9.17) is 0 Å². The smallest absolute Gasteiger partial charge is 0.230 e. The van der Waals surface area contributed by atoms with Gasteiger partial charge in [-0.25, -0.2) is 4.39 Å². The zero-order chi connectivity index (χ0) is 20.4. The van der Waals surface area contributed by atoms with Crippen molar-refractivity contribution in [2.45, 2.75) is 45.1 Å². The topological polar surface area (TPSA) is 49.4 Å². The molecule has 5 heteroatoms. The average molecular weight is 394 g/mol. The van der Waals surface area contributed by atoms with Crippen LogP contribution < -0.4 is 10.2 Å². The summed E-state index contributed by atoms with van der Waals surface area (Å²) in [5.74, 6) is -0.894. The van der Waals surface area contributed by atoms with Crippen LogP contribution in [0.3, 0.4) is 0 Å². The van der Waals surface area contributed by atoms with E-state index >= 15 is 0 Å². The summed E-state index contributed by atoms with van der Waals surface area (Å²) in [5.41, 5.74) is 3.04. The van der Waals surface area contributed by atoms with Crippen molar-refractivity contribution in [2.24, 2.45) is 11.8 Å². The molecule has 0 aromatic heterocycles. The minimum atomic E-state index is -0.313. The van der Waals surface area contributed by atoms with Crippen LogP contribution in [0.25, 0.3) is 0 Å². The van der Waals surface area contributed by atoms with Crippen LogP contribution in [0, 0.1) is 17.7 Å². The maximum absolute atomic E-state index is 13.4. The van der Waals surface area contributed by atoms with Crippen molar-refractivity contribution in [1.29, 1.82) is 0 Å². The molecule has 0 radical (unpaired) electrons. The maximum Gasteiger partial charge on any atom is 0.230 e. The molecule has 2 aromatic rings. The van der Waals surface area contributed by atoms with Crippen LogP contribution in [0.2, 0.25) is 0 Å². The quantitative estimate of drug-likeness (QED) is 0.836. The number of rotatable bonds is 4. The molecule has 1 fully saturated rings. The number of anilines is 1. The molecule has 4 rings (SSSR count). The molecule has 3 atom stereocenters. The molecule has 2 aromatic carbocycles. The number of para-hydroxylation sites is 1. The highest BCUT2D eigenvalue weighted by Gasteiger charge is 2.39. The largest absolute Gasteiger partial charge is 0.349 e. The fourth-order valence-electron chi connectivity index (χ4n) is 4.66. The van der Waals surface area contributed by atoms with Crippen LogP contribution in [0.5, 0.6) is 0 Å². The molecular formula is C24H27FN2O2. The molecule has 1 saturated carbocycles. The number of hydrogen-bond donors (Lipinski definition) is 1. The summed E-state index contributed by atoms with van der Waals surface area (Å²) in [4.78, 5) is 28.3. The Morgan fingerprint density at radius 2 is 1.72 bits per heavy atom. The van der Waals surface area contributed by atoms with E-state index in [9.17, 15) is 14.0 Å². The molecular weight excluding hydrogens is 367 g/mol. The van der Waals surface area contributed by atoms with Gasteiger partial charge in [-0.05, 0) is 55.5 Å². The average Bonchev–Trinajstić information content (AvgIpc) is 3.18. The second-order valence-electron chi connectivity index (χ2n) is 8.15. The van der Waals surface area contributed by atoms with Gasteiger partial charge in [0.25, 0.3) is 0 Å². The van der Waals surface area contributed by atoms with Crippen molar-refractivity contribution < 1.29 is 14.0 Å². The summed E-state index contributed by atoms with van der Waals surface area (Å²) in [5, 5.41) is 3.05. The Labute approximate surface area is 171 Å². The van der Waals surface area contributed by atoms with Gasteiger partial charge >= 0.3 is 0 Å². The lowest BCUT2D eigenvalue weighted by atomic mass is 9.77. The van der Waals surface area contributed by atoms with Crippen molar-refractivity contribution in [1.82, 2.24) is 5.32 Å². The summed E-state index contributed by atoms with van der Waals surface area (Å²) in [7, 11) is 0. The lowest BCUT2D eigenvalue weighted by Crippen LogP contribution is -2.45. The molecule has 3 unspecified atom stereocenters. The Bertz CT molecular complexity index is 896. The van der Waals surface area contributed by atoms with Crippen LogP contribution in [0.15, 0.2) is 48.5 Å². The van der Waals surface area contributed by atoms with Gasteiger partial charge in [-0.1, -0.05) is 43.2 Å². The predicted molar refractivity (Wildman–Crippen MR) is 111 cm³/mol. The third kappa shape index (κ3) is 4.04. The van der Waals surface area contributed by atoms with Crippen LogP contribution in [-0.2, 0) is 16.0 Å². The van der Waals surface area contributed by atoms with Crippen LogP contribution >= 0.6 is 0 Å². The van der Waals surface area contributed by atoms with Gasteiger partial charge in [-0.15, -0.1) is 0 Å². The molecule has 2 aliphatic rings. The number of hydrogen-bond acceptors (Lipinski definition) is 2. The number of halogens is 1. The fourth-order valence-corrected chi connectivity index (χ4v) is 4.66. The number of carbonyl (C=O) groups is 2. The van der Waals surface area contributed by atoms with Gasteiger partial charge in [0.2, 0.25) is 11.8 Å². The number of benzene rings is 2. The monoisotopic (exact) mass is 394 g/mol. The van der Waals surface area contributed by atoms with Gasteiger partial charge in [0.15, 0.2) is 0 Å². The van der Waals surface area contributed by atoms with Gasteiger partial charge in [-0.3, -0.25) is 9.59 Å². The zero-order valence-electron chi connectivity index (χ0n) is 16.7. The molecule has 0 bridgehead atoms. The Hall–Kier alpha value is -2.69. The maximum atomic E-state index is 13.4. The second kappa shape index (κ2) is 8.36. The minimum Gasteiger partial charge on any atom is -0.349 e. The number of nitrogens with one attached hydrogen (secondary N) is 1. The third-order valence-electron chi connectivity index (χ3n) is 6.30. The number of fused-ring (bicyclic) bond motifs is 1. The van der Waals surface area contributed by atoms with E-state index in [1.165, 1.54) is 17.7 Å². The standard InChI is InChI=1S/C24H27FN2O2/c1-16(17-10-12-19(25)13-11-17)26-23(28)20-7-3-4-8-21(20)24(29)27-15-14-18-6-2-5-9-22(18)27/h2,5-6,9-13,16,20-21H,3-4,7-8,14-15H2,1H3,(H,26,28). The lowest BCUT2D eigenvalue weighted by molar-refractivity contribution is -0.135. The minimum absolute atomic E-state index is 0.0734. The van der Waals surface area contributed by atoms with E-state index in [1.807, 2.05) is 30.0 Å². The van der Waals surface area contributed by atoms with E-state index in [2.05, 4.69) is 11.4 Å². The van der Waals surface area contributed by atoms with Crippen LogP contribution in [0.4, 0.5) is 10.1 Å². The molecule has 1 aliphatic carbocycles. The van der Waals surface area contributed by atoms with Crippen molar-refractivity contribution in [3.05, 3.63) is 65.5 Å². The summed E-state index contributed by atoms with van der Waals surface area (Å²) < 4.78 is 13.2. The molecule has 2 amide bonds. The fraction of sp³-hybridized carbons (Fsp3) is 0.417. The molecule has 0 saturated heterocycles. The third-order valence-corrected chi connectivity index (χ3v) is 6.30. The van der Waals surface area contributed by atoms with E-state index in [0.717, 1.165) is 43.4 Å². The van der Waals surface area contributed by atoms with E-state index in [0.29, 0.717) is 6.54 Å². The Kier molecular flexibility index (Phi) is 5.65. The van der Waals surface area contributed by atoms with Gasteiger partial charge in [-0.2, -0.15) is 0 Å². The van der Waals surface area contributed by atoms with Gasteiger partial charge in [0.05, 0.1) is 12.0 Å². The Morgan fingerprint density at radius 1 is 1.03 bits per heavy atom. The first-order valence-electron chi connectivity index (χ1n) is 10.5. The SMILES string of the molecule is CC(NC(=O)C1CCCCC1C(=O)N1CCc2ccccc21)c1ccc(F)cc1. The number of nitrogens with zero attached hydrogens (tertiary/aromatic N) is 1. The van der Waals surface area contributed by atoms with Crippen molar-refractivity contribution in [3.63, 3.8) is 0 Å². The van der Waals surface area contributed by atoms with Gasteiger partial charge in [0, 0.05) is 18.2 Å². The van der Waals surface area contributed by atoms with E-state index in [-0.39, 0.29) is 35.5 Å². The first-order chi connectivity index (χ1) is 14.0. The highest BCUT2D eigenvalue weighted by Crippen LogP contribution is 2.36. The first kappa shape index (κ1) is 19.6. The van der Waals surface area contributed by atoms with Gasteiger partial charge in [0.1, 0.15) is 5.82 Å². The highest BCUT2D eigenvalue weighted by molar-refractivity contribution is 5.99. The summed E-state index contributed by atoms with van der Waals surface area (Å²) in [6.07, 6.45) is 4.29. The molecule has 1 N–H and O–H groups in total. The van der Waals surface area contributed by atoms with Crippen LogP contribution in [-0.4, -0.2) is 18.4 Å². The summed E-state index contributed by atoms with van der Waals surface area (Å²) >= 11 is 0. The molecule has 152 valence electrons. The van der Waals surface area contributed by atoms with E-state index < -0.39 is 0 Å². The Balaban J connectivity index is 1.48.